The van der Waals surface area contributed by atoms with E-state index in [-0.39, 0.29) is 11.3 Å². The van der Waals surface area contributed by atoms with Crippen LogP contribution in [0.1, 0.15) is 28.4 Å². The van der Waals surface area contributed by atoms with Crippen LogP contribution >= 0.6 is 0 Å². The Morgan fingerprint density at radius 1 is 1.45 bits per heavy atom. The molecule has 8 heteroatoms. The second-order valence-electron chi connectivity index (χ2n) is 4.62. The minimum atomic E-state index is -1.63. The number of nitriles is 1. The molecule has 114 valence electrons. The van der Waals surface area contributed by atoms with Crippen LogP contribution in [0.3, 0.4) is 0 Å². The molecular weight excluding hydrogens is 292 g/mol. The van der Waals surface area contributed by atoms with Crippen molar-refractivity contribution in [3.8, 4) is 11.8 Å². The highest BCUT2D eigenvalue weighted by Gasteiger charge is 2.45. The van der Waals surface area contributed by atoms with Gasteiger partial charge in [-0.25, -0.2) is 4.79 Å². The Balaban J connectivity index is 2.55. The number of ether oxygens (including phenoxy) is 1. The number of nitrogens with zero attached hydrogens (tertiary/aromatic N) is 2. The number of hydrogen-bond donors (Lipinski definition) is 2. The highest BCUT2D eigenvalue weighted by Crippen LogP contribution is 2.39. The van der Waals surface area contributed by atoms with E-state index in [1.54, 1.807) is 6.07 Å². The van der Waals surface area contributed by atoms with Gasteiger partial charge in [-0.15, -0.1) is 0 Å². The van der Waals surface area contributed by atoms with Crippen molar-refractivity contribution in [3.05, 3.63) is 29.3 Å². The Morgan fingerprint density at radius 2 is 2.14 bits per heavy atom. The third kappa shape index (κ3) is 2.33. The van der Waals surface area contributed by atoms with Gasteiger partial charge in [-0.05, 0) is 6.07 Å². The second-order valence-corrected chi connectivity index (χ2v) is 4.62. The lowest BCUT2D eigenvalue weighted by molar-refractivity contribution is -0.149. The van der Waals surface area contributed by atoms with Crippen LogP contribution in [0.5, 0.6) is 5.75 Å². The van der Waals surface area contributed by atoms with E-state index in [1.807, 2.05) is 6.07 Å². The van der Waals surface area contributed by atoms with Crippen LogP contribution in [0.15, 0.2) is 18.2 Å². The van der Waals surface area contributed by atoms with Crippen molar-refractivity contribution in [2.24, 2.45) is 0 Å². The molecule has 8 nitrogen and oxygen atoms in total. The molecule has 0 radical (unpaired) electrons. The summed E-state index contributed by atoms with van der Waals surface area (Å²) in [6.07, 6.45) is -0.796. The van der Waals surface area contributed by atoms with E-state index < -0.39 is 36.4 Å². The fourth-order valence-electron chi connectivity index (χ4n) is 2.49. The van der Waals surface area contributed by atoms with Gasteiger partial charge in [0.15, 0.2) is 0 Å². The van der Waals surface area contributed by atoms with Crippen LogP contribution in [-0.4, -0.2) is 46.1 Å². The summed E-state index contributed by atoms with van der Waals surface area (Å²) in [4.78, 5) is 35.5. The molecule has 1 aliphatic heterocycles. The number of aliphatic carboxylic acids is 2. The number of carboxylic acid groups (broad SMARTS) is 2. The third-order valence-corrected chi connectivity index (χ3v) is 3.41. The molecule has 0 aliphatic carbocycles. The standard InChI is InChI=1S/C14H12N2O6/c1-22-10-4-2-3-7-9(6-15)16(13(19)12(7)10)8(14(20)21)5-11(17)18/h2-4,8-9H,5H2,1H3,(H,17,18)(H,20,21). The van der Waals surface area contributed by atoms with Crippen LogP contribution < -0.4 is 4.74 Å². The lowest BCUT2D eigenvalue weighted by Crippen LogP contribution is -2.44. The first-order valence-corrected chi connectivity index (χ1v) is 6.26. The Kier molecular flexibility index (Phi) is 3.99. The van der Waals surface area contributed by atoms with Gasteiger partial charge in [0.1, 0.15) is 17.8 Å². The highest BCUT2D eigenvalue weighted by molar-refractivity contribution is 6.04. The summed E-state index contributed by atoms with van der Waals surface area (Å²) in [5, 5.41) is 27.4. The average Bonchev–Trinajstić information content (AvgIpc) is 2.76. The first-order valence-electron chi connectivity index (χ1n) is 6.26. The summed E-state index contributed by atoms with van der Waals surface area (Å²) in [5.41, 5.74) is 0.400. The lowest BCUT2D eigenvalue weighted by Gasteiger charge is -2.26. The maximum Gasteiger partial charge on any atom is 0.327 e. The van der Waals surface area contributed by atoms with Crippen LogP contribution in [0, 0.1) is 11.3 Å². The molecule has 1 aliphatic rings. The monoisotopic (exact) mass is 304 g/mol. The number of methoxy groups -OCH3 is 1. The summed E-state index contributed by atoms with van der Waals surface area (Å²) in [6.45, 7) is 0. The number of benzene rings is 1. The van der Waals surface area contributed by atoms with Gasteiger partial charge in [0, 0.05) is 5.56 Å². The molecular formula is C14H12N2O6. The molecule has 0 fully saturated rings. The number of fused-ring (bicyclic) bond motifs is 1. The zero-order valence-electron chi connectivity index (χ0n) is 11.5. The van der Waals surface area contributed by atoms with Crippen molar-refractivity contribution in [1.29, 1.82) is 5.26 Å². The molecule has 0 saturated carbocycles. The zero-order chi connectivity index (χ0) is 16.4. The van der Waals surface area contributed by atoms with Crippen molar-refractivity contribution < 1.29 is 29.3 Å². The molecule has 0 bridgehead atoms. The summed E-state index contributed by atoms with van der Waals surface area (Å²) < 4.78 is 5.07. The molecule has 0 aromatic heterocycles. The van der Waals surface area contributed by atoms with Crippen LogP contribution in [0.4, 0.5) is 0 Å². The maximum absolute atomic E-state index is 12.5. The smallest absolute Gasteiger partial charge is 0.327 e. The minimum Gasteiger partial charge on any atom is -0.496 e. The number of hydrogen-bond acceptors (Lipinski definition) is 5. The van der Waals surface area contributed by atoms with Crippen LogP contribution in [-0.2, 0) is 9.59 Å². The molecule has 2 N–H and O–H groups in total. The molecule has 1 aromatic carbocycles. The van der Waals surface area contributed by atoms with Crippen molar-refractivity contribution in [3.63, 3.8) is 0 Å². The summed E-state index contributed by atoms with van der Waals surface area (Å²) in [5.74, 6) is -3.38. The molecule has 2 rings (SSSR count). The highest BCUT2D eigenvalue weighted by atomic mass is 16.5. The van der Waals surface area contributed by atoms with Crippen molar-refractivity contribution in [2.45, 2.75) is 18.5 Å². The van der Waals surface area contributed by atoms with Gasteiger partial charge in [0.25, 0.3) is 5.91 Å². The Bertz CT molecular complexity index is 693. The van der Waals surface area contributed by atoms with Crippen LogP contribution in [0.2, 0.25) is 0 Å². The Morgan fingerprint density at radius 3 is 2.64 bits per heavy atom. The fourth-order valence-corrected chi connectivity index (χ4v) is 2.49. The molecule has 2 atom stereocenters. The number of carbonyl (C=O) groups is 3. The van der Waals surface area contributed by atoms with Gasteiger partial charge in [-0.1, -0.05) is 12.1 Å². The SMILES string of the molecule is COc1cccc2c1C(=O)N(C(CC(=O)O)C(=O)O)C2C#N. The Labute approximate surface area is 125 Å². The molecule has 1 heterocycles. The summed E-state index contributed by atoms with van der Waals surface area (Å²) >= 11 is 0. The number of amides is 1. The van der Waals surface area contributed by atoms with Crippen LogP contribution in [0.25, 0.3) is 0 Å². The average molecular weight is 304 g/mol. The largest absolute Gasteiger partial charge is 0.496 e. The number of carbonyl (C=O) groups excluding carboxylic acids is 1. The van der Waals surface area contributed by atoms with Gasteiger partial charge < -0.3 is 19.8 Å². The molecule has 1 amide bonds. The topological polar surface area (TPSA) is 128 Å². The van der Waals surface area contributed by atoms with E-state index in [9.17, 15) is 24.8 Å². The van der Waals surface area contributed by atoms with Crippen molar-refractivity contribution in [2.75, 3.05) is 7.11 Å². The maximum atomic E-state index is 12.5. The predicted octanol–water partition coefficient (Wildman–Crippen LogP) is 0.644. The zero-order valence-corrected chi connectivity index (χ0v) is 11.5. The normalized spacial score (nSPS) is 17.5. The first kappa shape index (κ1) is 15.3. The first-order chi connectivity index (χ1) is 10.4. The summed E-state index contributed by atoms with van der Waals surface area (Å²) in [6, 6.07) is 3.66. The van der Waals surface area contributed by atoms with E-state index >= 15 is 0 Å². The van der Waals surface area contributed by atoms with E-state index in [2.05, 4.69) is 0 Å². The number of rotatable bonds is 5. The van der Waals surface area contributed by atoms with E-state index in [0.29, 0.717) is 5.56 Å². The number of carboxylic acids is 2. The van der Waals surface area contributed by atoms with Crippen molar-refractivity contribution in [1.82, 2.24) is 4.90 Å². The fraction of sp³-hybridized carbons (Fsp3) is 0.286. The van der Waals surface area contributed by atoms with E-state index in [0.717, 1.165) is 4.90 Å². The Hall–Kier alpha value is -3.08. The van der Waals surface area contributed by atoms with Gasteiger partial charge in [-0.2, -0.15) is 5.26 Å². The van der Waals surface area contributed by atoms with E-state index in [4.69, 9.17) is 9.84 Å². The lowest BCUT2D eigenvalue weighted by atomic mass is 10.0. The predicted molar refractivity (Wildman–Crippen MR) is 71.2 cm³/mol. The van der Waals surface area contributed by atoms with E-state index in [1.165, 1.54) is 19.2 Å². The molecule has 1 aromatic rings. The quantitative estimate of drug-likeness (QED) is 0.816. The third-order valence-electron chi connectivity index (χ3n) is 3.41. The molecule has 22 heavy (non-hydrogen) atoms. The molecule has 0 saturated heterocycles. The van der Waals surface area contributed by atoms with Gasteiger partial charge >= 0.3 is 11.9 Å². The van der Waals surface area contributed by atoms with Gasteiger partial charge in [0.2, 0.25) is 0 Å². The molecule has 2 unspecified atom stereocenters. The van der Waals surface area contributed by atoms with Gasteiger partial charge in [-0.3, -0.25) is 9.59 Å². The minimum absolute atomic E-state index is 0.0909. The summed E-state index contributed by atoms with van der Waals surface area (Å²) in [7, 11) is 1.35. The van der Waals surface area contributed by atoms with Gasteiger partial charge in [0.05, 0.1) is 25.2 Å². The second kappa shape index (κ2) is 5.73. The van der Waals surface area contributed by atoms with Crippen molar-refractivity contribution >= 4 is 17.8 Å². The molecule has 0 spiro atoms.